The van der Waals surface area contributed by atoms with Crippen molar-refractivity contribution in [2.75, 3.05) is 21.3 Å². The van der Waals surface area contributed by atoms with Crippen molar-refractivity contribution in [1.82, 2.24) is 5.16 Å². The minimum atomic E-state index is -2.74. The number of rotatable bonds is 7. The first-order valence-corrected chi connectivity index (χ1v) is 9.11. The predicted octanol–water partition coefficient (Wildman–Crippen LogP) is 0.0280. The van der Waals surface area contributed by atoms with Gasteiger partial charge in [0.15, 0.2) is 17.2 Å². The van der Waals surface area contributed by atoms with Gasteiger partial charge in [-0.25, -0.2) is 0 Å². The van der Waals surface area contributed by atoms with E-state index >= 15 is 0 Å². The molecule has 11 heteroatoms. The van der Waals surface area contributed by atoms with Crippen LogP contribution in [0.3, 0.4) is 0 Å². The zero-order valence-corrected chi connectivity index (χ0v) is 20.1. The summed E-state index contributed by atoms with van der Waals surface area (Å²) < 4.78 is 47.8. The summed E-state index contributed by atoms with van der Waals surface area (Å²) in [6, 6.07) is 8.59. The molecule has 9 nitrogen and oxygen atoms in total. The molecule has 0 saturated heterocycles. The van der Waals surface area contributed by atoms with E-state index in [1.807, 2.05) is 13.0 Å². The fourth-order valence-corrected chi connectivity index (χ4v) is 3.20. The van der Waals surface area contributed by atoms with Crippen LogP contribution in [-0.4, -0.2) is 26.5 Å². The van der Waals surface area contributed by atoms with Gasteiger partial charge in [0.25, 0.3) is 0 Å². The summed E-state index contributed by atoms with van der Waals surface area (Å²) in [6.45, 7) is 1.90. The molecular formula is C19H21NNaO8S+. The van der Waals surface area contributed by atoms with E-state index in [4.69, 9.17) is 22.9 Å². The molecule has 1 heterocycles. The van der Waals surface area contributed by atoms with Crippen molar-refractivity contribution in [2.24, 2.45) is 0 Å². The van der Waals surface area contributed by atoms with Crippen molar-refractivity contribution < 1.29 is 66.4 Å². The zero-order chi connectivity index (χ0) is 20.3. The molecule has 3 N–H and O–H groups in total. The van der Waals surface area contributed by atoms with Crippen LogP contribution in [0.1, 0.15) is 5.56 Å². The molecule has 2 aromatic carbocycles. The summed E-state index contributed by atoms with van der Waals surface area (Å²) in [6.07, 6.45) is 1.47. The molecule has 0 fully saturated rings. The molecule has 0 aliphatic heterocycles. The summed E-state index contributed by atoms with van der Waals surface area (Å²) >= 11 is 0. The zero-order valence-electron chi connectivity index (χ0n) is 17.3. The molecule has 0 unspecified atom stereocenters. The van der Waals surface area contributed by atoms with Crippen LogP contribution in [0.2, 0.25) is 0 Å². The minimum absolute atomic E-state index is 0. The molecule has 0 saturated carbocycles. The molecule has 30 heavy (non-hydrogen) atoms. The number of hydrogen-bond donors (Lipinski definition) is 0. The van der Waals surface area contributed by atoms with Gasteiger partial charge in [-0.2, -0.15) is 0 Å². The molecule has 0 amide bonds. The Hall–Kier alpha value is -2.24. The molecule has 3 aromatic rings. The average molecular weight is 446 g/mol. The van der Waals surface area contributed by atoms with Gasteiger partial charge in [0.2, 0.25) is 0 Å². The van der Waals surface area contributed by atoms with Crippen LogP contribution in [0.4, 0.5) is 0 Å². The largest absolute Gasteiger partial charge is 1.00 e. The molecule has 0 radical (unpaired) electrons. The Labute approximate surface area is 197 Å². The number of hydrogen-bond acceptors (Lipinski definition) is 9. The molecule has 0 spiro atoms. The maximum Gasteiger partial charge on any atom is 1.00 e. The Bertz CT molecular complexity index is 1070. The van der Waals surface area contributed by atoms with Crippen molar-refractivity contribution in [3.8, 4) is 45.4 Å². The van der Waals surface area contributed by atoms with Gasteiger partial charge < -0.3 is 36.8 Å². The van der Waals surface area contributed by atoms with E-state index in [1.165, 1.54) is 19.4 Å². The first-order chi connectivity index (χ1) is 13.5. The summed E-state index contributed by atoms with van der Waals surface area (Å²) in [7, 11) is 1.82. The van der Waals surface area contributed by atoms with E-state index in [1.54, 1.807) is 32.4 Å². The molecule has 1 aromatic heterocycles. The average Bonchev–Trinajstić information content (AvgIpc) is 3.16. The SMILES string of the molecule is COc1ccc(-c2conc2-c2cc(C)c(OC)c(OC)c2)cc1O[S-](=O)=O.[Na+].[OH3+]. The number of ether oxygens (including phenoxy) is 3. The second-order valence-electron chi connectivity index (χ2n) is 5.76. The van der Waals surface area contributed by atoms with Crippen molar-refractivity contribution in [3.05, 3.63) is 42.2 Å². The Morgan fingerprint density at radius 3 is 2.17 bits per heavy atom. The van der Waals surface area contributed by atoms with Crippen LogP contribution < -0.4 is 48.0 Å². The molecular weight excluding hydrogens is 425 g/mol. The normalized spacial score (nSPS) is 10.0. The van der Waals surface area contributed by atoms with E-state index in [0.29, 0.717) is 28.3 Å². The van der Waals surface area contributed by atoms with Crippen LogP contribution >= 0.6 is 0 Å². The Morgan fingerprint density at radius 2 is 1.57 bits per heavy atom. The number of aryl methyl sites for hydroxylation is 1. The third kappa shape index (κ3) is 5.27. The summed E-state index contributed by atoms with van der Waals surface area (Å²) in [5, 5.41) is 4.10. The molecule has 0 atom stereocenters. The smallest absolute Gasteiger partial charge is 0.530 e. The van der Waals surface area contributed by atoms with Crippen molar-refractivity contribution >= 4 is 11.0 Å². The van der Waals surface area contributed by atoms with Crippen LogP contribution in [0.25, 0.3) is 22.4 Å². The Kier molecular flexibility index (Phi) is 9.66. The van der Waals surface area contributed by atoms with Gasteiger partial charge in [-0.15, -0.1) is 0 Å². The van der Waals surface area contributed by atoms with Crippen LogP contribution in [-0.2, 0) is 24.9 Å². The fourth-order valence-electron chi connectivity index (χ4n) is 2.92. The van der Waals surface area contributed by atoms with Gasteiger partial charge in [-0.05, 0) is 42.3 Å². The molecule has 0 aliphatic rings. The van der Waals surface area contributed by atoms with Crippen LogP contribution in [0, 0.1) is 6.92 Å². The van der Waals surface area contributed by atoms with Gasteiger partial charge in [0.05, 0.1) is 21.3 Å². The minimum Gasteiger partial charge on any atom is -0.530 e. The third-order valence-corrected chi connectivity index (χ3v) is 4.46. The summed E-state index contributed by atoms with van der Waals surface area (Å²) in [4.78, 5) is 0. The van der Waals surface area contributed by atoms with E-state index in [9.17, 15) is 8.42 Å². The Balaban J connectivity index is 0.00000225. The molecule has 156 valence electrons. The summed E-state index contributed by atoms with van der Waals surface area (Å²) in [5.41, 5.74) is 3.47. The standard InChI is InChI=1S/C19H18NO7S.Na.H2O/c1-11-7-13(9-17(24-3)19(11)25-4)18-14(10-26-20-18)12-5-6-15(23-2)16(8-12)27-28(21)22;;/h5-10H,1-4H3;;1H2/q-1;+1;/p+1. The van der Waals surface area contributed by atoms with Crippen molar-refractivity contribution in [2.45, 2.75) is 6.92 Å². The fraction of sp³-hybridized carbons (Fsp3) is 0.211. The summed E-state index contributed by atoms with van der Waals surface area (Å²) in [5.74, 6) is 1.54. The van der Waals surface area contributed by atoms with Crippen molar-refractivity contribution in [3.63, 3.8) is 0 Å². The second kappa shape index (κ2) is 11.2. The maximum atomic E-state index is 11.0. The van der Waals surface area contributed by atoms with Crippen LogP contribution in [0.15, 0.2) is 41.1 Å². The Morgan fingerprint density at radius 1 is 0.900 bits per heavy atom. The first kappa shape index (κ1) is 25.8. The monoisotopic (exact) mass is 446 g/mol. The number of methoxy groups -OCH3 is 3. The van der Waals surface area contributed by atoms with E-state index < -0.39 is 11.0 Å². The maximum absolute atomic E-state index is 11.0. The van der Waals surface area contributed by atoms with E-state index in [0.717, 1.165) is 11.1 Å². The number of aromatic nitrogens is 1. The quantitative estimate of drug-likeness (QED) is 0.282. The number of benzene rings is 2. The van der Waals surface area contributed by atoms with Gasteiger partial charge in [-0.3, -0.25) is 0 Å². The first-order valence-electron chi connectivity index (χ1n) is 8.11. The van der Waals surface area contributed by atoms with Crippen LogP contribution in [0.5, 0.6) is 23.0 Å². The molecule has 0 bridgehead atoms. The van der Waals surface area contributed by atoms with E-state index in [-0.39, 0.29) is 46.5 Å². The molecule has 0 aliphatic carbocycles. The van der Waals surface area contributed by atoms with E-state index in [2.05, 4.69) is 5.16 Å². The topological polar surface area (TPSA) is 130 Å². The van der Waals surface area contributed by atoms with Crippen molar-refractivity contribution in [1.29, 1.82) is 0 Å². The molecule has 3 rings (SSSR count). The van der Waals surface area contributed by atoms with Gasteiger partial charge >= 0.3 is 29.6 Å². The predicted molar refractivity (Wildman–Crippen MR) is 106 cm³/mol. The second-order valence-corrected chi connectivity index (χ2v) is 6.33. The number of nitrogens with zero attached hydrogens (tertiary/aromatic N) is 1. The van der Waals surface area contributed by atoms with Gasteiger partial charge in [0, 0.05) is 11.1 Å². The van der Waals surface area contributed by atoms with Gasteiger partial charge in [-0.1, -0.05) is 11.2 Å². The van der Waals surface area contributed by atoms with Gasteiger partial charge in [0.1, 0.15) is 28.7 Å². The third-order valence-electron chi connectivity index (χ3n) is 4.14.